The number of amides is 2. The SMILES string of the molecule is CON=C(C(=O)NC1C(=O)N2C(C(=O)O)=C(CSc3nnnn3CCC[N+]3(C)CCN(C)CC3)CS[C@@H]12)c1csc(N)n1. The maximum Gasteiger partial charge on any atom is 0.352 e. The lowest BCUT2D eigenvalue weighted by atomic mass is 10.0. The van der Waals surface area contributed by atoms with Gasteiger partial charge in [0, 0.05) is 36.4 Å². The monoisotopic (exact) mass is 652 g/mol. The number of hydrogen-bond donors (Lipinski definition) is 3. The van der Waals surface area contributed by atoms with Crippen LogP contribution in [-0.2, 0) is 25.8 Å². The number of carbonyl (C=O) groups is 3. The zero-order valence-corrected chi connectivity index (χ0v) is 26.5. The smallest absolute Gasteiger partial charge is 0.352 e. The first-order chi connectivity index (χ1) is 20.6. The molecule has 2 aromatic heterocycles. The number of nitrogens with one attached hydrogen (secondary N) is 1. The van der Waals surface area contributed by atoms with Crippen LogP contribution in [0.1, 0.15) is 12.1 Å². The number of tetrazole rings is 1. The minimum atomic E-state index is -1.21. The largest absolute Gasteiger partial charge is 0.477 e. The van der Waals surface area contributed by atoms with Crippen molar-refractivity contribution in [2.45, 2.75) is 29.5 Å². The molecule has 16 nitrogen and oxygen atoms in total. The molecule has 232 valence electrons. The van der Waals surface area contributed by atoms with Crippen molar-refractivity contribution >= 4 is 63.5 Å². The fraction of sp³-hybridized carbons (Fsp3) is 0.583. The number of likely N-dealkylation sites (N-methyl/N-ethyl adjacent to an activating group) is 2. The second kappa shape index (κ2) is 13.2. The van der Waals surface area contributed by atoms with Crippen molar-refractivity contribution in [2.75, 3.05) is 71.2 Å². The number of β-lactam (4-membered cyclic amide) rings is 1. The Bertz CT molecular complexity index is 1440. The fourth-order valence-corrected chi connectivity index (χ4v) is 8.10. The van der Waals surface area contributed by atoms with Crippen LogP contribution in [0.5, 0.6) is 0 Å². The van der Waals surface area contributed by atoms with Crippen molar-refractivity contribution in [3.63, 3.8) is 0 Å². The number of thiazole rings is 1. The van der Waals surface area contributed by atoms with Crippen LogP contribution in [-0.4, -0.2) is 145 Å². The number of carboxylic acids is 1. The number of carboxylic acid groups (broad SMARTS) is 1. The van der Waals surface area contributed by atoms with Crippen LogP contribution >= 0.6 is 34.9 Å². The van der Waals surface area contributed by atoms with Crippen LogP contribution in [0.25, 0.3) is 0 Å². The van der Waals surface area contributed by atoms with E-state index in [4.69, 9.17) is 10.6 Å². The summed E-state index contributed by atoms with van der Waals surface area (Å²) in [6.07, 6.45) is 0.918. The number of aryl methyl sites for hydroxylation is 1. The number of anilines is 1. The first kappa shape index (κ1) is 31.2. The van der Waals surface area contributed by atoms with Gasteiger partial charge in [-0.15, -0.1) is 28.2 Å². The van der Waals surface area contributed by atoms with E-state index < -0.39 is 29.2 Å². The minimum Gasteiger partial charge on any atom is -0.477 e. The zero-order valence-electron chi connectivity index (χ0n) is 24.0. The minimum absolute atomic E-state index is 0.0729. The number of nitrogens with zero attached hydrogens (tertiary/aromatic N) is 9. The number of thioether (sulfide) groups is 2. The maximum absolute atomic E-state index is 13.1. The summed E-state index contributed by atoms with van der Waals surface area (Å²) in [5.41, 5.74) is 6.27. The molecule has 2 saturated heterocycles. The number of rotatable bonds is 12. The Morgan fingerprint density at radius 2 is 2.12 bits per heavy atom. The van der Waals surface area contributed by atoms with Gasteiger partial charge in [0.15, 0.2) is 10.8 Å². The van der Waals surface area contributed by atoms with Crippen LogP contribution in [0.4, 0.5) is 5.13 Å². The molecule has 0 aromatic carbocycles. The quantitative estimate of drug-likeness (QED) is 0.0864. The summed E-state index contributed by atoms with van der Waals surface area (Å²) in [6, 6.07) is -0.934. The van der Waals surface area contributed by atoms with E-state index in [0.717, 1.165) is 55.0 Å². The summed E-state index contributed by atoms with van der Waals surface area (Å²) in [6.45, 7) is 6.08. The highest BCUT2D eigenvalue weighted by atomic mass is 32.2. The van der Waals surface area contributed by atoms with Crippen LogP contribution in [0.2, 0.25) is 0 Å². The van der Waals surface area contributed by atoms with E-state index in [1.807, 2.05) is 0 Å². The predicted molar refractivity (Wildman–Crippen MR) is 161 cm³/mol. The Morgan fingerprint density at radius 3 is 2.79 bits per heavy atom. The standard InChI is InChI=1S/C24H33N11O5S3/c1-32-6-9-35(2,10-7-32)8-4-5-33-24(28-30-31-33)43-12-14-11-41-21-17(20(37)34(21)18(14)22(38)39)27-19(36)16(29-40-3)15-13-42-23(25)26-15/h13,17,21H,4-12H2,1-3H3,(H3-,25,26,27,36,38,39)/p+1/t17?,21-/m0/s1. The third-order valence-corrected chi connectivity index (χ3v) is 10.7. The van der Waals surface area contributed by atoms with Crippen molar-refractivity contribution < 1.29 is 28.8 Å². The number of fused-ring (bicyclic) bond motifs is 1. The number of aliphatic carboxylic acids is 1. The summed E-state index contributed by atoms with van der Waals surface area (Å²) in [4.78, 5) is 50.9. The number of nitrogens with two attached hydrogens (primary N) is 1. The Morgan fingerprint density at radius 1 is 1.35 bits per heavy atom. The molecule has 1 unspecified atom stereocenters. The van der Waals surface area contributed by atoms with Gasteiger partial charge >= 0.3 is 5.97 Å². The lowest BCUT2D eigenvalue weighted by Crippen LogP contribution is -2.71. The van der Waals surface area contributed by atoms with Crippen LogP contribution in [0.15, 0.2) is 27.0 Å². The summed E-state index contributed by atoms with van der Waals surface area (Å²) >= 11 is 3.85. The summed E-state index contributed by atoms with van der Waals surface area (Å²) in [5.74, 6) is -1.74. The lowest BCUT2D eigenvalue weighted by molar-refractivity contribution is -0.913. The van der Waals surface area contributed by atoms with Gasteiger partial charge in [0.25, 0.3) is 11.8 Å². The molecule has 0 spiro atoms. The van der Waals surface area contributed by atoms with Crippen molar-refractivity contribution in [3.05, 3.63) is 22.3 Å². The summed E-state index contributed by atoms with van der Waals surface area (Å²) < 4.78 is 2.77. The van der Waals surface area contributed by atoms with Crippen LogP contribution in [0.3, 0.4) is 0 Å². The average Bonchev–Trinajstić information content (AvgIpc) is 3.62. The van der Waals surface area contributed by atoms with Gasteiger partial charge in [-0.05, 0) is 23.0 Å². The highest BCUT2D eigenvalue weighted by Gasteiger charge is 2.54. The number of aromatic nitrogens is 5. The number of nitrogen functional groups attached to an aromatic ring is 1. The van der Waals surface area contributed by atoms with Crippen molar-refractivity contribution in [3.8, 4) is 0 Å². The number of carbonyl (C=O) groups excluding carboxylic acids is 2. The second-order valence-electron chi connectivity index (χ2n) is 10.7. The molecule has 2 amide bonds. The van der Waals surface area contributed by atoms with E-state index in [0.29, 0.717) is 28.8 Å². The van der Waals surface area contributed by atoms with Gasteiger partial charge < -0.3 is 25.5 Å². The maximum atomic E-state index is 13.1. The molecule has 2 fully saturated rings. The second-order valence-corrected chi connectivity index (χ2v) is 13.7. The van der Waals surface area contributed by atoms with E-state index in [-0.39, 0.29) is 22.2 Å². The number of piperazine rings is 1. The molecule has 5 heterocycles. The average molecular weight is 653 g/mol. The van der Waals surface area contributed by atoms with Crippen molar-refractivity contribution in [1.82, 2.24) is 40.3 Å². The Kier molecular flexibility index (Phi) is 9.54. The van der Waals surface area contributed by atoms with Crippen molar-refractivity contribution in [2.24, 2.45) is 5.16 Å². The van der Waals surface area contributed by atoms with E-state index in [9.17, 15) is 19.5 Å². The molecule has 5 rings (SSSR count). The molecule has 19 heteroatoms. The topological polar surface area (TPSA) is 194 Å². The van der Waals surface area contributed by atoms with Gasteiger partial charge in [0.05, 0.1) is 33.2 Å². The fourth-order valence-electron chi connectivity index (χ4n) is 5.16. The lowest BCUT2D eigenvalue weighted by Gasteiger charge is -2.49. The number of hydrogen-bond acceptors (Lipinski definition) is 14. The molecule has 43 heavy (non-hydrogen) atoms. The molecule has 0 saturated carbocycles. The number of oxime groups is 1. The Hall–Kier alpha value is -3.26. The van der Waals surface area contributed by atoms with Gasteiger partial charge in [-0.1, -0.05) is 16.9 Å². The Labute approximate surface area is 260 Å². The molecule has 3 aliphatic heterocycles. The van der Waals surface area contributed by atoms with E-state index in [2.05, 4.69) is 50.0 Å². The molecular weight excluding hydrogens is 619 g/mol. The summed E-state index contributed by atoms with van der Waals surface area (Å²) in [5, 5.41) is 30.4. The first-order valence-corrected chi connectivity index (χ1v) is 16.5. The molecule has 3 aliphatic rings. The molecule has 2 atom stereocenters. The normalized spacial score (nSPS) is 22.3. The van der Waals surface area contributed by atoms with Gasteiger partial charge in [-0.2, -0.15) is 0 Å². The zero-order chi connectivity index (χ0) is 30.7. The first-order valence-electron chi connectivity index (χ1n) is 13.5. The Balaban J connectivity index is 1.20. The predicted octanol–water partition coefficient (Wildman–Crippen LogP) is -0.625. The van der Waals surface area contributed by atoms with E-state index in [1.54, 1.807) is 10.1 Å². The molecule has 0 bridgehead atoms. The van der Waals surface area contributed by atoms with Gasteiger partial charge in [0.1, 0.15) is 29.9 Å². The van der Waals surface area contributed by atoms with Gasteiger partial charge in [0.2, 0.25) is 5.16 Å². The third-order valence-electron chi connectivity index (χ3n) is 7.68. The van der Waals surface area contributed by atoms with Crippen molar-refractivity contribution in [1.29, 1.82) is 0 Å². The molecule has 2 aromatic rings. The van der Waals surface area contributed by atoms with Crippen LogP contribution in [0, 0.1) is 0 Å². The molecule has 4 N–H and O–H groups in total. The van der Waals surface area contributed by atoms with E-state index >= 15 is 0 Å². The third kappa shape index (κ3) is 6.79. The van der Waals surface area contributed by atoms with Gasteiger partial charge in [-0.3, -0.25) is 19.4 Å². The summed E-state index contributed by atoms with van der Waals surface area (Å²) in [7, 11) is 5.72. The molecule has 0 aliphatic carbocycles. The molecule has 0 radical (unpaired) electrons. The van der Waals surface area contributed by atoms with Crippen LogP contribution < -0.4 is 11.1 Å². The van der Waals surface area contributed by atoms with Gasteiger partial charge in [-0.25, -0.2) is 14.5 Å². The van der Waals surface area contributed by atoms with E-state index in [1.165, 1.54) is 35.5 Å². The number of quaternary nitrogens is 1. The molecular formula is C24H34N11O5S3+. The highest BCUT2D eigenvalue weighted by Crippen LogP contribution is 2.41. The highest BCUT2D eigenvalue weighted by molar-refractivity contribution is 8.01.